The molecule has 2 unspecified atom stereocenters. The van der Waals surface area contributed by atoms with Gasteiger partial charge in [-0.3, -0.25) is 0 Å². The van der Waals surface area contributed by atoms with E-state index in [-0.39, 0.29) is 12.2 Å². The Hall–Kier alpha value is -2.70. The van der Waals surface area contributed by atoms with Crippen molar-refractivity contribution < 1.29 is 30.0 Å². The molecule has 0 saturated heterocycles. The molecular formula is C24H32O6. The van der Waals surface area contributed by atoms with Gasteiger partial charge in [0.05, 0.1) is 23.3 Å². The van der Waals surface area contributed by atoms with Crippen LogP contribution < -0.4 is 0 Å². The fourth-order valence-corrected chi connectivity index (χ4v) is 3.22. The fraction of sp³-hybridized carbons (Fsp3) is 0.417. The molecule has 2 atom stereocenters. The lowest BCUT2D eigenvalue weighted by atomic mass is 9.83. The van der Waals surface area contributed by atoms with E-state index in [2.05, 4.69) is 0 Å². The van der Waals surface area contributed by atoms with Crippen LogP contribution in [0.3, 0.4) is 0 Å². The first-order valence-electron chi connectivity index (χ1n) is 10.2. The maximum Gasteiger partial charge on any atom is 0.335 e. The molecule has 0 bridgehead atoms. The first-order valence-corrected chi connectivity index (χ1v) is 10.2. The van der Waals surface area contributed by atoms with Gasteiger partial charge in [0.15, 0.2) is 0 Å². The molecule has 1 fully saturated rings. The second kappa shape index (κ2) is 14.3. The van der Waals surface area contributed by atoms with Gasteiger partial charge in [0.1, 0.15) is 0 Å². The van der Waals surface area contributed by atoms with Crippen LogP contribution in [-0.2, 0) is 0 Å². The van der Waals surface area contributed by atoms with Crippen molar-refractivity contribution in [1.29, 1.82) is 0 Å². The molecule has 4 N–H and O–H groups in total. The highest BCUT2D eigenvalue weighted by Crippen LogP contribution is 2.28. The highest BCUT2D eigenvalue weighted by atomic mass is 16.4. The Morgan fingerprint density at radius 2 is 1.20 bits per heavy atom. The minimum atomic E-state index is -0.879. The highest BCUT2D eigenvalue weighted by Gasteiger charge is 2.22. The van der Waals surface area contributed by atoms with Gasteiger partial charge >= 0.3 is 11.9 Å². The predicted molar refractivity (Wildman–Crippen MR) is 116 cm³/mol. The molecule has 3 rings (SSSR count). The molecule has 1 aliphatic carbocycles. The zero-order chi connectivity index (χ0) is 22.4. The molecule has 0 aromatic heterocycles. The molecular weight excluding hydrogens is 384 g/mol. The van der Waals surface area contributed by atoms with Crippen LogP contribution in [0.5, 0.6) is 0 Å². The number of aromatic carboxylic acids is 2. The summed E-state index contributed by atoms with van der Waals surface area (Å²) in [7, 11) is 0. The molecule has 6 heteroatoms. The van der Waals surface area contributed by atoms with Crippen LogP contribution in [0.1, 0.15) is 66.2 Å². The number of carbonyl (C=O) groups is 2. The Morgan fingerprint density at radius 3 is 1.50 bits per heavy atom. The Balaban J connectivity index is 0.000000229. The zero-order valence-corrected chi connectivity index (χ0v) is 17.4. The summed E-state index contributed by atoms with van der Waals surface area (Å²) in [5.74, 6) is -1.31. The molecule has 0 amide bonds. The van der Waals surface area contributed by atoms with E-state index in [0.717, 1.165) is 12.8 Å². The maximum absolute atomic E-state index is 10.2. The summed E-state index contributed by atoms with van der Waals surface area (Å²) in [5, 5.41) is 35.5. The number of hydrogen-bond donors (Lipinski definition) is 4. The molecule has 0 spiro atoms. The van der Waals surface area contributed by atoms with Crippen molar-refractivity contribution in [3.05, 3.63) is 71.8 Å². The van der Waals surface area contributed by atoms with E-state index in [0.29, 0.717) is 23.5 Å². The van der Waals surface area contributed by atoms with Crippen LogP contribution in [0, 0.1) is 5.92 Å². The van der Waals surface area contributed by atoms with E-state index >= 15 is 0 Å². The summed E-state index contributed by atoms with van der Waals surface area (Å²) < 4.78 is 0. The Labute approximate surface area is 177 Å². The van der Waals surface area contributed by atoms with Gasteiger partial charge in [-0.05, 0) is 56.4 Å². The zero-order valence-electron chi connectivity index (χ0n) is 17.4. The highest BCUT2D eigenvalue weighted by molar-refractivity contribution is 5.87. The average molecular weight is 417 g/mol. The predicted octanol–water partition coefficient (Wildman–Crippen LogP) is 4.47. The largest absolute Gasteiger partial charge is 0.478 e. The molecule has 2 aromatic carbocycles. The third-order valence-corrected chi connectivity index (χ3v) is 4.82. The van der Waals surface area contributed by atoms with Crippen molar-refractivity contribution in [2.75, 3.05) is 0 Å². The lowest BCUT2D eigenvalue weighted by molar-refractivity contribution is 0.0368. The minimum absolute atomic E-state index is 0.273. The van der Waals surface area contributed by atoms with Gasteiger partial charge in [-0.1, -0.05) is 55.7 Å². The topological polar surface area (TPSA) is 115 Å². The second-order valence-corrected chi connectivity index (χ2v) is 7.39. The van der Waals surface area contributed by atoms with Gasteiger partial charge in [-0.2, -0.15) is 0 Å². The molecule has 6 nitrogen and oxygen atoms in total. The van der Waals surface area contributed by atoms with Crippen molar-refractivity contribution in [3.8, 4) is 0 Å². The van der Waals surface area contributed by atoms with Crippen LogP contribution in [0.25, 0.3) is 0 Å². The molecule has 0 aliphatic heterocycles. The lowest BCUT2D eigenvalue weighted by Crippen LogP contribution is -2.26. The number of rotatable bonds is 5. The van der Waals surface area contributed by atoms with Crippen molar-refractivity contribution >= 4 is 11.9 Å². The molecule has 164 valence electrons. The molecule has 2 aromatic rings. The quantitative estimate of drug-likeness (QED) is 0.572. The van der Waals surface area contributed by atoms with E-state index in [4.69, 9.17) is 15.3 Å². The van der Waals surface area contributed by atoms with E-state index in [9.17, 15) is 14.7 Å². The summed E-state index contributed by atoms with van der Waals surface area (Å²) in [4.78, 5) is 20.4. The molecule has 30 heavy (non-hydrogen) atoms. The molecule has 1 aliphatic rings. The lowest BCUT2D eigenvalue weighted by Gasteiger charge is -2.27. The summed E-state index contributed by atoms with van der Waals surface area (Å²) >= 11 is 0. The fourth-order valence-electron chi connectivity index (χ4n) is 3.22. The molecule has 0 radical (unpaired) electrons. The summed E-state index contributed by atoms with van der Waals surface area (Å²) in [6.07, 6.45) is 6.03. The van der Waals surface area contributed by atoms with E-state index < -0.39 is 11.9 Å². The smallest absolute Gasteiger partial charge is 0.335 e. The first kappa shape index (κ1) is 25.3. The van der Waals surface area contributed by atoms with E-state index in [1.807, 2.05) is 0 Å². The Bertz CT molecular complexity index is 674. The summed E-state index contributed by atoms with van der Waals surface area (Å²) in [6, 6.07) is 16.6. The van der Waals surface area contributed by atoms with Gasteiger partial charge in [-0.15, -0.1) is 0 Å². The Kier molecular flexibility index (Phi) is 12.1. The summed E-state index contributed by atoms with van der Waals surface area (Å²) in [6.45, 7) is 1.74. The van der Waals surface area contributed by atoms with Crippen LogP contribution in [0.2, 0.25) is 0 Å². The average Bonchev–Trinajstić information content (AvgIpc) is 2.76. The minimum Gasteiger partial charge on any atom is -0.478 e. The van der Waals surface area contributed by atoms with Crippen molar-refractivity contribution in [2.24, 2.45) is 5.92 Å². The van der Waals surface area contributed by atoms with Crippen LogP contribution in [0.4, 0.5) is 0 Å². The standard InChI is InChI=1S/C10H20O2.2C7H6O2/c1-8(11)7-10(12)9-5-3-2-4-6-9;2*8-7(9)6-4-2-1-3-5-6/h8-12H,2-7H2,1H3;2*1-5H,(H,8,9). The number of hydrogen-bond acceptors (Lipinski definition) is 4. The SMILES string of the molecule is CC(O)CC(O)C1CCCCC1.O=C(O)c1ccccc1.O=C(O)c1ccccc1. The van der Waals surface area contributed by atoms with Gasteiger partial charge in [-0.25, -0.2) is 9.59 Å². The van der Waals surface area contributed by atoms with Crippen LogP contribution in [-0.4, -0.2) is 44.6 Å². The number of benzene rings is 2. The van der Waals surface area contributed by atoms with Gasteiger partial charge < -0.3 is 20.4 Å². The number of aliphatic hydroxyl groups excluding tert-OH is 2. The van der Waals surface area contributed by atoms with Crippen molar-refractivity contribution in [2.45, 2.75) is 57.7 Å². The second-order valence-electron chi connectivity index (χ2n) is 7.39. The van der Waals surface area contributed by atoms with E-state index in [1.54, 1.807) is 67.6 Å². The van der Waals surface area contributed by atoms with Gasteiger partial charge in [0.2, 0.25) is 0 Å². The van der Waals surface area contributed by atoms with Crippen molar-refractivity contribution in [3.63, 3.8) is 0 Å². The van der Waals surface area contributed by atoms with Gasteiger partial charge in [0.25, 0.3) is 0 Å². The number of carboxylic acid groups (broad SMARTS) is 2. The van der Waals surface area contributed by atoms with Crippen molar-refractivity contribution in [1.82, 2.24) is 0 Å². The first-order chi connectivity index (χ1) is 14.3. The normalized spacial score (nSPS) is 15.4. The number of aliphatic hydroxyl groups is 2. The van der Waals surface area contributed by atoms with Gasteiger partial charge in [0, 0.05) is 0 Å². The van der Waals surface area contributed by atoms with Crippen LogP contribution >= 0.6 is 0 Å². The van der Waals surface area contributed by atoms with Crippen LogP contribution in [0.15, 0.2) is 60.7 Å². The Morgan fingerprint density at radius 1 is 0.800 bits per heavy atom. The third-order valence-electron chi connectivity index (χ3n) is 4.82. The third kappa shape index (κ3) is 10.7. The monoisotopic (exact) mass is 416 g/mol. The molecule has 0 heterocycles. The number of carboxylic acids is 2. The molecule has 1 saturated carbocycles. The van der Waals surface area contributed by atoms with E-state index in [1.165, 1.54) is 19.3 Å². The summed E-state index contributed by atoms with van der Waals surface area (Å²) in [5.41, 5.74) is 0.662. The maximum atomic E-state index is 10.2.